The molecule has 0 radical (unpaired) electrons. The Morgan fingerprint density at radius 3 is 2.24 bits per heavy atom. The number of anilines is 1. The summed E-state index contributed by atoms with van der Waals surface area (Å²) >= 11 is 0. The highest BCUT2D eigenvalue weighted by Crippen LogP contribution is 2.33. The van der Waals surface area contributed by atoms with Crippen LogP contribution >= 0.6 is 0 Å². The zero-order valence-electron chi connectivity index (χ0n) is 17.8. The average Bonchev–Trinajstić information content (AvgIpc) is 3.27. The number of halogens is 4. The van der Waals surface area contributed by atoms with Crippen LogP contribution in [0.2, 0.25) is 0 Å². The number of aromatic nitrogens is 3. The molecule has 5 rings (SSSR count). The highest BCUT2D eigenvalue weighted by molar-refractivity contribution is 6.00. The summed E-state index contributed by atoms with van der Waals surface area (Å²) in [6, 6.07) is 15.5. The van der Waals surface area contributed by atoms with Gasteiger partial charge in [0, 0.05) is 37.4 Å². The van der Waals surface area contributed by atoms with E-state index in [9.17, 15) is 22.4 Å². The first-order valence-corrected chi connectivity index (χ1v) is 10.6. The van der Waals surface area contributed by atoms with Gasteiger partial charge in [-0.3, -0.25) is 4.79 Å². The molecule has 3 heterocycles. The topological polar surface area (TPSA) is 53.7 Å². The van der Waals surface area contributed by atoms with Crippen LogP contribution in [0.1, 0.15) is 16.1 Å². The van der Waals surface area contributed by atoms with Crippen LogP contribution in [0.5, 0.6) is 0 Å². The maximum atomic E-state index is 13.8. The molecule has 174 valence electrons. The van der Waals surface area contributed by atoms with Crippen LogP contribution in [0, 0.1) is 5.82 Å². The molecule has 0 saturated carbocycles. The van der Waals surface area contributed by atoms with Gasteiger partial charge in [0.1, 0.15) is 11.4 Å². The number of amides is 1. The third-order valence-corrected chi connectivity index (χ3v) is 5.82. The molecule has 1 aliphatic heterocycles. The van der Waals surface area contributed by atoms with Crippen molar-refractivity contribution in [2.24, 2.45) is 0 Å². The summed E-state index contributed by atoms with van der Waals surface area (Å²) in [4.78, 5) is 21.2. The van der Waals surface area contributed by atoms with Gasteiger partial charge in [0.15, 0.2) is 11.3 Å². The zero-order chi connectivity index (χ0) is 23.9. The summed E-state index contributed by atoms with van der Waals surface area (Å²) in [7, 11) is 0. The van der Waals surface area contributed by atoms with Crippen molar-refractivity contribution in [3.05, 3.63) is 83.9 Å². The number of nitrogens with zero attached hydrogens (tertiary/aromatic N) is 5. The number of benzene rings is 2. The first-order chi connectivity index (χ1) is 16.3. The van der Waals surface area contributed by atoms with E-state index in [1.165, 1.54) is 12.1 Å². The standard InChI is InChI=1S/C24H19F4N5O/c25-17-6-8-18(9-7-17)31-10-12-32(13-11-31)23(34)19-15-29-33-21(24(26,27)28)14-20(30-22(19)33)16-4-2-1-3-5-16/h1-9,14-15H,10-13H2. The highest BCUT2D eigenvalue weighted by atomic mass is 19.4. The van der Waals surface area contributed by atoms with Gasteiger partial charge in [-0.15, -0.1) is 0 Å². The van der Waals surface area contributed by atoms with E-state index in [2.05, 4.69) is 10.1 Å². The minimum atomic E-state index is -4.68. The molecular formula is C24H19F4N5O. The molecule has 4 aromatic rings. The number of carbonyl (C=O) groups is 1. The molecule has 1 fully saturated rings. The fourth-order valence-electron chi connectivity index (χ4n) is 4.06. The fourth-order valence-corrected chi connectivity index (χ4v) is 4.06. The summed E-state index contributed by atoms with van der Waals surface area (Å²) in [6.45, 7) is 1.73. The van der Waals surface area contributed by atoms with Crippen LogP contribution in [-0.2, 0) is 6.18 Å². The largest absolute Gasteiger partial charge is 0.433 e. The van der Waals surface area contributed by atoms with Gasteiger partial charge in [-0.25, -0.2) is 13.9 Å². The van der Waals surface area contributed by atoms with E-state index in [4.69, 9.17) is 0 Å². The lowest BCUT2D eigenvalue weighted by molar-refractivity contribution is -0.142. The van der Waals surface area contributed by atoms with E-state index >= 15 is 0 Å². The van der Waals surface area contributed by atoms with Crippen molar-refractivity contribution in [1.29, 1.82) is 0 Å². The lowest BCUT2D eigenvalue weighted by atomic mass is 10.1. The summed E-state index contributed by atoms with van der Waals surface area (Å²) < 4.78 is 55.2. The van der Waals surface area contributed by atoms with Crippen molar-refractivity contribution in [2.75, 3.05) is 31.1 Å². The number of rotatable bonds is 3. The molecule has 34 heavy (non-hydrogen) atoms. The molecule has 0 aliphatic carbocycles. The van der Waals surface area contributed by atoms with Crippen LogP contribution in [-0.4, -0.2) is 51.6 Å². The van der Waals surface area contributed by atoms with Gasteiger partial charge in [0.2, 0.25) is 0 Å². The second-order valence-electron chi connectivity index (χ2n) is 7.94. The van der Waals surface area contributed by atoms with Gasteiger partial charge >= 0.3 is 6.18 Å². The Kier molecular flexibility index (Phi) is 5.43. The molecule has 2 aromatic carbocycles. The first-order valence-electron chi connectivity index (χ1n) is 10.6. The first kappa shape index (κ1) is 21.9. The van der Waals surface area contributed by atoms with E-state index in [-0.39, 0.29) is 22.7 Å². The van der Waals surface area contributed by atoms with E-state index in [1.807, 2.05) is 4.90 Å². The predicted octanol–water partition coefficient (Wildman–Crippen LogP) is 4.52. The highest BCUT2D eigenvalue weighted by Gasteiger charge is 2.36. The predicted molar refractivity (Wildman–Crippen MR) is 118 cm³/mol. The summed E-state index contributed by atoms with van der Waals surface area (Å²) in [5, 5.41) is 3.85. The number of fused-ring (bicyclic) bond motifs is 1. The van der Waals surface area contributed by atoms with Crippen LogP contribution in [0.15, 0.2) is 66.9 Å². The SMILES string of the molecule is O=C(c1cnn2c(C(F)(F)F)cc(-c3ccccc3)nc12)N1CCN(c2ccc(F)cc2)CC1. The average molecular weight is 469 g/mol. The third kappa shape index (κ3) is 4.07. The molecule has 1 saturated heterocycles. The Balaban J connectivity index is 1.45. The number of piperazine rings is 1. The lowest BCUT2D eigenvalue weighted by Crippen LogP contribution is -2.48. The maximum absolute atomic E-state index is 13.8. The molecule has 0 unspecified atom stereocenters. The Bertz CT molecular complexity index is 1330. The minimum Gasteiger partial charge on any atom is -0.368 e. The van der Waals surface area contributed by atoms with Crippen molar-refractivity contribution >= 4 is 17.2 Å². The van der Waals surface area contributed by atoms with Crippen molar-refractivity contribution in [3.8, 4) is 11.3 Å². The fraction of sp³-hybridized carbons (Fsp3) is 0.208. The van der Waals surface area contributed by atoms with Gasteiger partial charge in [-0.1, -0.05) is 30.3 Å². The Hall–Kier alpha value is -3.95. The second-order valence-corrected chi connectivity index (χ2v) is 7.94. The van der Waals surface area contributed by atoms with E-state index in [0.717, 1.165) is 18.0 Å². The van der Waals surface area contributed by atoms with Gasteiger partial charge in [0.25, 0.3) is 5.91 Å². The normalized spacial score (nSPS) is 14.6. The van der Waals surface area contributed by atoms with E-state index in [0.29, 0.717) is 36.3 Å². The van der Waals surface area contributed by atoms with Crippen LogP contribution in [0.4, 0.5) is 23.2 Å². The van der Waals surface area contributed by atoms with Crippen molar-refractivity contribution in [2.45, 2.75) is 6.18 Å². The molecule has 6 nitrogen and oxygen atoms in total. The van der Waals surface area contributed by atoms with Gasteiger partial charge in [-0.2, -0.15) is 18.3 Å². The molecule has 10 heteroatoms. The Morgan fingerprint density at radius 1 is 0.912 bits per heavy atom. The van der Waals surface area contributed by atoms with Crippen LogP contribution in [0.25, 0.3) is 16.9 Å². The molecule has 1 aliphatic rings. The van der Waals surface area contributed by atoms with E-state index in [1.54, 1.807) is 47.4 Å². The summed E-state index contributed by atoms with van der Waals surface area (Å²) in [5.41, 5.74) is 0.322. The third-order valence-electron chi connectivity index (χ3n) is 5.82. The maximum Gasteiger partial charge on any atom is 0.433 e. The van der Waals surface area contributed by atoms with E-state index < -0.39 is 17.8 Å². The molecule has 1 amide bonds. The monoisotopic (exact) mass is 469 g/mol. The number of hydrogen-bond acceptors (Lipinski definition) is 4. The molecule has 0 spiro atoms. The van der Waals surface area contributed by atoms with Gasteiger partial charge in [0.05, 0.1) is 11.9 Å². The summed E-state index contributed by atoms with van der Waals surface area (Å²) in [6.07, 6.45) is -3.54. The Morgan fingerprint density at radius 2 is 1.59 bits per heavy atom. The van der Waals surface area contributed by atoms with Crippen LogP contribution < -0.4 is 4.90 Å². The van der Waals surface area contributed by atoms with Crippen molar-refractivity contribution in [3.63, 3.8) is 0 Å². The Labute approximate surface area is 192 Å². The smallest absolute Gasteiger partial charge is 0.368 e. The van der Waals surface area contributed by atoms with Gasteiger partial charge < -0.3 is 9.80 Å². The minimum absolute atomic E-state index is 0.0125. The lowest BCUT2D eigenvalue weighted by Gasteiger charge is -2.36. The zero-order valence-corrected chi connectivity index (χ0v) is 17.8. The van der Waals surface area contributed by atoms with Crippen molar-refractivity contribution < 1.29 is 22.4 Å². The second kappa shape index (κ2) is 8.44. The number of carbonyl (C=O) groups excluding carboxylic acids is 1. The number of hydrogen-bond donors (Lipinski definition) is 0. The quantitative estimate of drug-likeness (QED) is 0.414. The molecular weight excluding hydrogens is 450 g/mol. The molecule has 0 N–H and O–H groups in total. The molecule has 0 bridgehead atoms. The van der Waals surface area contributed by atoms with Crippen molar-refractivity contribution in [1.82, 2.24) is 19.5 Å². The summed E-state index contributed by atoms with van der Waals surface area (Å²) in [5.74, 6) is -0.758. The van der Waals surface area contributed by atoms with Crippen LogP contribution in [0.3, 0.4) is 0 Å². The van der Waals surface area contributed by atoms with Gasteiger partial charge in [-0.05, 0) is 30.3 Å². The number of alkyl halides is 3. The molecule has 2 aromatic heterocycles. The molecule has 0 atom stereocenters.